The molecule has 3 aromatic rings. The third kappa shape index (κ3) is 5.37. The van der Waals surface area contributed by atoms with Crippen molar-refractivity contribution >= 4 is 11.5 Å². The van der Waals surface area contributed by atoms with Gasteiger partial charge in [0, 0.05) is 37.4 Å². The highest BCUT2D eigenvalue weighted by atomic mass is 19.1. The standard InChI is InChI=1S/C22H25FN6O2/c1-16-7-8-17(13-19(16)23)22-25-21(31-27-22)15-30-26-20(24)14-28-9-11-29(12-10-28)18-5-3-2-4-6-18/h2-8,13H,9-12,14-15H2,1H3,(H2,24,26). The second-order valence-electron chi connectivity index (χ2n) is 7.43. The number of amidine groups is 1. The van der Waals surface area contributed by atoms with Gasteiger partial charge in [-0.05, 0) is 30.7 Å². The van der Waals surface area contributed by atoms with E-state index < -0.39 is 0 Å². The first-order chi connectivity index (χ1) is 15.1. The quantitative estimate of drug-likeness (QED) is 0.354. The molecule has 0 atom stereocenters. The Labute approximate surface area is 180 Å². The molecule has 1 fully saturated rings. The molecule has 0 radical (unpaired) electrons. The van der Waals surface area contributed by atoms with Crippen LogP contribution in [-0.2, 0) is 11.4 Å². The van der Waals surface area contributed by atoms with Gasteiger partial charge in [0.15, 0.2) is 12.4 Å². The number of para-hydroxylation sites is 1. The molecule has 1 aliphatic rings. The van der Waals surface area contributed by atoms with Crippen LogP contribution in [0.25, 0.3) is 11.4 Å². The fraction of sp³-hybridized carbons (Fsp3) is 0.318. The van der Waals surface area contributed by atoms with Crippen molar-refractivity contribution in [2.75, 3.05) is 37.6 Å². The van der Waals surface area contributed by atoms with E-state index in [2.05, 4.69) is 49.4 Å². The topological polar surface area (TPSA) is 93.0 Å². The first-order valence-corrected chi connectivity index (χ1v) is 10.1. The van der Waals surface area contributed by atoms with Gasteiger partial charge in [-0.1, -0.05) is 40.6 Å². The fourth-order valence-electron chi connectivity index (χ4n) is 3.39. The number of halogens is 1. The molecule has 0 spiro atoms. The van der Waals surface area contributed by atoms with E-state index in [1.165, 1.54) is 11.8 Å². The molecule has 162 valence electrons. The third-order valence-corrected chi connectivity index (χ3v) is 5.15. The average Bonchev–Trinajstić information content (AvgIpc) is 3.26. The van der Waals surface area contributed by atoms with Gasteiger partial charge in [0.2, 0.25) is 5.82 Å². The molecule has 1 aromatic heterocycles. The van der Waals surface area contributed by atoms with Gasteiger partial charge >= 0.3 is 0 Å². The lowest BCUT2D eigenvalue weighted by atomic mass is 10.1. The van der Waals surface area contributed by atoms with Crippen LogP contribution in [0.1, 0.15) is 11.5 Å². The SMILES string of the molecule is Cc1ccc(-c2noc(CO/N=C(/N)CN3CCN(c4ccccc4)CC3)n2)cc1F. The minimum Gasteiger partial charge on any atom is -0.384 e. The predicted octanol–water partition coefficient (Wildman–Crippen LogP) is 2.80. The minimum absolute atomic E-state index is 0.0101. The number of aromatic nitrogens is 2. The molecule has 4 rings (SSSR count). The molecular formula is C22H25FN6O2. The zero-order valence-corrected chi connectivity index (χ0v) is 17.4. The molecule has 2 aromatic carbocycles. The number of hydrogen-bond acceptors (Lipinski definition) is 7. The smallest absolute Gasteiger partial charge is 0.267 e. The maximum atomic E-state index is 13.7. The van der Waals surface area contributed by atoms with Crippen LogP contribution in [0.2, 0.25) is 0 Å². The number of rotatable bonds is 7. The summed E-state index contributed by atoms with van der Waals surface area (Å²) >= 11 is 0. The van der Waals surface area contributed by atoms with E-state index in [1.54, 1.807) is 19.1 Å². The van der Waals surface area contributed by atoms with E-state index in [-0.39, 0.29) is 18.3 Å². The summed E-state index contributed by atoms with van der Waals surface area (Å²) in [6, 6.07) is 15.1. The van der Waals surface area contributed by atoms with Crippen molar-refractivity contribution in [3.63, 3.8) is 0 Å². The molecule has 31 heavy (non-hydrogen) atoms. The van der Waals surface area contributed by atoms with E-state index in [1.807, 2.05) is 6.07 Å². The van der Waals surface area contributed by atoms with Gasteiger partial charge in [-0.2, -0.15) is 4.98 Å². The normalized spacial score (nSPS) is 15.3. The van der Waals surface area contributed by atoms with E-state index in [0.29, 0.717) is 29.3 Å². The van der Waals surface area contributed by atoms with Gasteiger partial charge in [0.05, 0.1) is 6.54 Å². The first-order valence-electron chi connectivity index (χ1n) is 10.1. The van der Waals surface area contributed by atoms with Gasteiger partial charge in [-0.3, -0.25) is 4.90 Å². The summed E-state index contributed by atoms with van der Waals surface area (Å²) in [5.74, 6) is 0.602. The third-order valence-electron chi connectivity index (χ3n) is 5.15. The first kappa shape index (κ1) is 20.8. The second kappa shape index (κ2) is 9.57. The number of oxime groups is 1. The highest BCUT2D eigenvalue weighted by Crippen LogP contribution is 2.19. The zero-order chi connectivity index (χ0) is 21.6. The number of nitrogens with zero attached hydrogens (tertiary/aromatic N) is 5. The van der Waals surface area contributed by atoms with Gasteiger partial charge in [-0.25, -0.2) is 4.39 Å². The van der Waals surface area contributed by atoms with Crippen molar-refractivity contribution < 1.29 is 13.8 Å². The van der Waals surface area contributed by atoms with Crippen molar-refractivity contribution in [2.24, 2.45) is 10.9 Å². The summed E-state index contributed by atoms with van der Waals surface area (Å²) in [5, 5.41) is 7.81. The van der Waals surface area contributed by atoms with Crippen LogP contribution in [0.3, 0.4) is 0 Å². The van der Waals surface area contributed by atoms with Crippen LogP contribution < -0.4 is 10.6 Å². The van der Waals surface area contributed by atoms with Gasteiger partial charge in [0.1, 0.15) is 5.82 Å². The Morgan fingerprint density at radius 1 is 1.16 bits per heavy atom. The van der Waals surface area contributed by atoms with E-state index in [9.17, 15) is 4.39 Å². The predicted molar refractivity (Wildman–Crippen MR) is 116 cm³/mol. The Bertz CT molecular complexity index is 1030. The number of aryl methyl sites for hydroxylation is 1. The molecule has 9 heteroatoms. The molecule has 1 aliphatic heterocycles. The number of anilines is 1. The van der Waals surface area contributed by atoms with Crippen molar-refractivity contribution in [1.29, 1.82) is 0 Å². The van der Waals surface area contributed by atoms with Gasteiger partial charge in [-0.15, -0.1) is 0 Å². The maximum absolute atomic E-state index is 13.7. The minimum atomic E-state index is -0.318. The van der Waals surface area contributed by atoms with Gasteiger partial charge < -0.3 is 20.0 Å². The summed E-state index contributed by atoms with van der Waals surface area (Å²) in [7, 11) is 0. The van der Waals surface area contributed by atoms with E-state index in [4.69, 9.17) is 15.1 Å². The van der Waals surface area contributed by atoms with E-state index in [0.717, 1.165) is 26.2 Å². The maximum Gasteiger partial charge on any atom is 0.267 e. The summed E-state index contributed by atoms with van der Waals surface area (Å²) in [4.78, 5) is 14.1. The molecule has 1 saturated heterocycles. The molecule has 2 N–H and O–H groups in total. The Kier molecular flexibility index (Phi) is 6.42. The lowest BCUT2D eigenvalue weighted by Gasteiger charge is -2.35. The van der Waals surface area contributed by atoms with Crippen LogP contribution in [0.15, 0.2) is 58.2 Å². The highest BCUT2D eigenvalue weighted by molar-refractivity contribution is 5.81. The van der Waals surface area contributed by atoms with Crippen molar-refractivity contribution in [2.45, 2.75) is 13.5 Å². The number of benzene rings is 2. The summed E-state index contributed by atoms with van der Waals surface area (Å²) in [6.07, 6.45) is 0. The van der Waals surface area contributed by atoms with Crippen LogP contribution in [0.4, 0.5) is 10.1 Å². The largest absolute Gasteiger partial charge is 0.384 e. The molecule has 0 amide bonds. The highest BCUT2D eigenvalue weighted by Gasteiger charge is 2.18. The van der Waals surface area contributed by atoms with Gasteiger partial charge in [0.25, 0.3) is 5.89 Å². The van der Waals surface area contributed by atoms with Crippen LogP contribution in [-0.4, -0.2) is 53.6 Å². The lowest BCUT2D eigenvalue weighted by Crippen LogP contribution is -2.49. The summed E-state index contributed by atoms with van der Waals surface area (Å²) < 4.78 is 18.9. The molecular weight excluding hydrogens is 399 g/mol. The molecule has 0 saturated carbocycles. The molecule has 0 unspecified atom stereocenters. The van der Waals surface area contributed by atoms with Crippen LogP contribution in [0, 0.1) is 12.7 Å². The molecule has 2 heterocycles. The van der Waals surface area contributed by atoms with Crippen LogP contribution in [0.5, 0.6) is 0 Å². The number of piperazine rings is 1. The fourth-order valence-corrected chi connectivity index (χ4v) is 3.39. The summed E-state index contributed by atoms with van der Waals surface area (Å²) in [6.45, 7) is 5.87. The molecule has 0 aliphatic carbocycles. The Morgan fingerprint density at radius 3 is 2.68 bits per heavy atom. The Balaban J connectivity index is 1.23. The molecule has 0 bridgehead atoms. The van der Waals surface area contributed by atoms with Crippen molar-refractivity contribution in [1.82, 2.24) is 15.0 Å². The molecule has 8 nitrogen and oxygen atoms in total. The monoisotopic (exact) mass is 424 g/mol. The Hall–Kier alpha value is -3.46. The zero-order valence-electron chi connectivity index (χ0n) is 17.4. The van der Waals surface area contributed by atoms with Crippen molar-refractivity contribution in [3.05, 3.63) is 65.8 Å². The average molecular weight is 424 g/mol. The Morgan fingerprint density at radius 2 is 1.94 bits per heavy atom. The number of nitrogens with two attached hydrogens (primary N) is 1. The van der Waals surface area contributed by atoms with E-state index >= 15 is 0 Å². The van der Waals surface area contributed by atoms with Crippen LogP contribution >= 0.6 is 0 Å². The number of hydrogen-bond donors (Lipinski definition) is 1. The summed E-state index contributed by atoms with van der Waals surface area (Å²) in [5.41, 5.74) is 8.33. The second-order valence-corrected chi connectivity index (χ2v) is 7.43. The lowest BCUT2D eigenvalue weighted by molar-refractivity contribution is 0.104. The van der Waals surface area contributed by atoms with Crippen molar-refractivity contribution in [3.8, 4) is 11.4 Å².